The minimum Gasteiger partial charge on any atom is -0.377 e. The molecule has 0 heterocycles. The van der Waals surface area contributed by atoms with Gasteiger partial charge in [0.2, 0.25) is 0 Å². The first-order valence-corrected chi connectivity index (χ1v) is 6.72. The highest BCUT2D eigenvalue weighted by molar-refractivity contribution is 6.33. The summed E-state index contributed by atoms with van der Waals surface area (Å²) >= 11 is 6.27. The fraction of sp³-hybridized carbons (Fsp3) is 0.250. The summed E-state index contributed by atoms with van der Waals surface area (Å²) < 4.78 is 0. The third kappa shape index (κ3) is 2.11. The first kappa shape index (κ1) is 11.6. The second kappa shape index (κ2) is 4.66. The molecule has 0 amide bonds. The van der Waals surface area contributed by atoms with Crippen LogP contribution in [0.1, 0.15) is 29.2 Å². The Labute approximate surface area is 113 Å². The number of anilines is 1. The Morgan fingerprint density at radius 1 is 1.17 bits per heavy atom. The molecule has 2 heteroatoms. The molecular weight excluding hydrogens is 242 g/mol. The Morgan fingerprint density at radius 2 is 2.00 bits per heavy atom. The number of halogens is 1. The van der Waals surface area contributed by atoms with E-state index in [4.69, 9.17) is 11.6 Å². The van der Waals surface area contributed by atoms with Gasteiger partial charge in [-0.25, -0.2) is 0 Å². The van der Waals surface area contributed by atoms with E-state index < -0.39 is 0 Å². The topological polar surface area (TPSA) is 12.0 Å². The fourth-order valence-electron chi connectivity index (χ4n) is 2.63. The molecule has 1 aliphatic carbocycles. The minimum atomic E-state index is 0.390. The van der Waals surface area contributed by atoms with E-state index in [0.29, 0.717) is 6.04 Å². The standard InChI is InChI=1S/C16H16ClN/c1-11-6-8-16(14(17)10-11)18-15-9-7-12-4-2-3-5-13(12)15/h2-6,8,10,15,18H,7,9H2,1H3. The van der Waals surface area contributed by atoms with E-state index in [1.807, 2.05) is 6.07 Å². The van der Waals surface area contributed by atoms with Gasteiger partial charge < -0.3 is 5.32 Å². The molecule has 0 aromatic heterocycles. The largest absolute Gasteiger partial charge is 0.377 e. The summed E-state index contributed by atoms with van der Waals surface area (Å²) in [5.41, 5.74) is 5.09. The summed E-state index contributed by atoms with van der Waals surface area (Å²) in [6.45, 7) is 2.06. The van der Waals surface area contributed by atoms with Crippen LogP contribution in [0.25, 0.3) is 0 Å². The molecule has 3 rings (SSSR count). The predicted octanol–water partition coefficient (Wildman–Crippen LogP) is 4.75. The molecule has 1 unspecified atom stereocenters. The normalized spacial score (nSPS) is 17.6. The Kier molecular flexibility index (Phi) is 3.00. The molecule has 1 nitrogen and oxygen atoms in total. The molecule has 0 radical (unpaired) electrons. The van der Waals surface area contributed by atoms with Crippen LogP contribution in [0.4, 0.5) is 5.69 Å². The van der Waals surface area contributed by atoms with Gasteiger partial charge in [-0.05, 0) is 48.6 Å². The maximum atomic E-state index is 6.27. The van der Waals surface area contributed by atoms with Crippen LogP contribution in [0.15, 0.2) is 42.5 Å². The van der Waals surface area contributed by atoms with Gasteiger partial charge >= 0.3 is 0 Å². The number of hydrogen-bond donors (Lipinski definition) is 1. The van der Waals surface area contributed by atoms with Gasteiger partial charge in [0.15, 0.2) is 0 Å². The van der Waals surface area contributed by atoms with Crippen molar-refractivity contribution in [3.8, 4) is 0 Å². The summed E-state index contributed by atoms with van der Waals surface area (Å²) in [6.07, 6.45) is 2.29. The molecule has 0 fully saturated rings. The van der Waals surface area contributed by atoms with Gasteiger partial charge in [-0.15, -0.1) is 0 Å². The fourth-order valence-corrected chi connectivity index (χ4v) is 2.92. The first-order valence-electron chi connectivity index (χ1n) is 6.34. The molecule has 0 bridgehead atoms. The average molecular weight is 258 g/mol. The Bertz CT molecular complexity index is 577. The highest BCUT2D eigenvalue weighted by Crippen LogP contribution is 2.35. The van der Waals surface area contributed by atoms with Crippen molar-refractivity contribution in [1.82, 2.24) is 0 Å². The van der Waals surface area contributed by atoms with E-state index in [2.05, 4.69) is 48.6 Å². The summed E-state index contributed by atoms with van der Waals surface area (Å²) in [5, 5.41) is 4.37. The monoisotopic (exact) mass is 257 g/mol. The molecule has 1 aliphatic rings. The van der Waals surface area contributed by atoms with E-state index in [1.54, 1.807) is 0 Å². The van der Waals surface area contributed by atoms with Gasteiger partial charge in [0.05, 0.1) is 16.8 Å². The maximum absolute atomic E-state index is 6.27. The lowest BCUT2D eigenvalue weighted by molar-refractivity contribution is 0.762. The molecular formula is C16H16ClN. The van der Waals surface area contributed by atoms with Crippen molar-refractivity contribution >= 4 is 17.3 Å². The van der Waals surface area contributed by atoms with Gasteiger partial charge in [0.25, 0.3) is 0 Å². The minimum absolute atomic E-state index is 0.390. The molecule has 92 valence electrons. The molecule has 0 saturated heterocycles. The predicted molar refractivity (Wildman–Crippen MR) is 77.3 cm³/mol. The van der Waals surface area contributed by atoms with E-state index in [0.717, 1.165) is 23.6 Å². The molecule has 18 heavy (non-hydrogen) atoms. The number of nitrogens with one attached hydrogen (secondary N) is 1. The van der Waals surface area contributed by atoms with Crippen LogP contribution < -0.4 is 5.32 Å². The second-order valence-corrected chi connectivity index (χ2v) is 5.32. The summed E-state index contributed by atoms with van der Waals surface area (Å²) in [4.78, 5) is 0. The van der Waals surface area contributed by atoms with Crippen LogP contribution in [0, 0.1) is 6.92 Å². The second-order valence-electron chi connectivity index (χ2n) is 4.92. The van der Waals surface area contributed by atoms with Crippen molar-refractivity contribution in [3.63, 3.8) is 0 Å². The SMILES string of the molecule is Cc1ccc(NC2CCc3ccccc32)c(Cl)c1. The number of rotatable bonds is 2. The maximum Gasteiger partial charge on any atom is 0.0640 e. The zero-order valence-corrected chi connectivity index (χ0v) is 11.2. The third-order valence-corrected chi connectivity index (χ3v) is 3.90. The van der Waals surface area contributed by atoms with Crippen molar-refractivity contribution in [2.75, 3.05) is 5.32 Å². The molecule has 0 aliphatic heterocycles. The number of hydrogen-bond acceptors (Lipinski definition) is 1. The van der Waals surface area contributed by atoms with Crippen molar-refractivity contribution in [1.29, 1.82) is 0 Å². The third-order valence-electron chi connectivity index (χ3n) is 3.59. The summed E-state index contributed by atoms with van der Waals surface area (Å²) in [6, 6.07) is 15.2. The molecule has 2 aromatic carbocycles. The van der Waals surface area contributed by atoms with Gasteiger partial charge in [-0.1, -0.05) is 41.9 Å². The van der Waals surface area contributed by atoms with Crippen LogP contribution >= 0.6 is 11.6 Å². The lowest BCUT2D eigenvalue weighted by Gasteiger charge is -2.17. The molecule has 1 atom stereocenters. The Balaban J connectivity index is 1.86. The van der Waals surface area contributed by atoms with Crippen molar-refractivity contribution in [2.45, 2.75) is 25.8 Å². The highest BCUT2D eigenvalue weighted by atomic mass is 35.5. The van der Waals surface area contributed by atoms with Gasteiger partial charge in [-0.3, -0.25) is 0 Å². The van der Waals surface area contributed by atoms with Crippen molar-refractivity contribution < 1.29 is 0 Å². The lowest BCUT2D eigenvalue weighted by atomic mass is 10.1. The van der Waals surface area contributed by atoms with E-state index in [1.165, 1.54) is 16.7 Å². The first-order chi connectivity index (χ1) is 8.74. The van der Waals surface area contributed by atoms with Crippen molar-refractivity contribution in [3.05, 3.63) is 64.2 Å². The van der Waals surface area contributed by atoms with Crippen LogP contribution in [0.3, 0.4) is 0 Å². The quantitative estimate of drug-likeness (QED) is 0.819. The Hall–Kier alpha value is -1.47. The van der Waals surface area contributed by atoms with Gasteiger partial charge in [0.1, 0.15) is 0 Å². The van der Waals surface area contributed by atoms with Gasteiger partial charge in [0, 0.05) is 0 Å². The van der Waals surface area contributed by atoms with Crippen LogP contribution in [0.5, 0.6) is 0 Å². The van der Waals surface area contributed by atoms with E-state index >= 15 is 0 Å². The number of aryl methyl sites for hydroxylation is 2. The zero-order valence-electron chi connectivity index (χ0n) is 10.4. The lowest BCUT2D eigenvalue weighted by Crippen LogP contribution is -2.07. The van der Waals surface area contributed by atoms with E-state index in [9.17, 15) is 0 Å². The summed E-state index contributed by atoms with van der Waals surface area (Å²) in [7, 11) is 0. The summed E-state index contributed by atoms with van der Waals surface area (Å²) in [5.74, 6) is 0. The van der Waals surface area contributed by atoms with Crippen LogP contribution in [-0.4, -0.2) is 0 Å². The van der Waals surface area contributed by atoms with Crippen LogP contribution in [0.2, 0.25) is 5.02 Å². The average Bonchev–Trinajstić information content (AvgIpc) is 2.76. The smallest absolute Gasteiger partial charge is 0.0640 e. The van der Waals surface area contributed by atoms with Crippen molar-refractivity contribution in [2.24, 2.45) is 0 Å². The molecule has 0 spiro atoms. The zero-order chi connectivity index (χ0) is 12.5. The molecule has 1 N–H and O–H groups in total. The molecule has 0 saturated carbocycles. The van der Waals surface area contributed by atoms with Crippen LogP contribution in [-0.2, 0) is 6.42 Å². The Morgan fingerprint density at radius 3 is 2.83 bits per heavy atom. The molecule has 2 aromatic rings. The number of benzene rings is 2. The van der Waals surface area contributed by atoms with E-state index in [-0.39, 0.29) is 0 Å². The van der Waals surface area contributed by atoms with Gasteiger partial charge in [-0.2, -0.15) is 0 Å². The highest BCUT2D eigenvalue weighted by Gasteiger charge is 2.21. The number of fused-ring (bicyclic) bond motifs is 1.